The highest BCUT2D eigenvalue weighted by atomic mass is 35.5. The van der Waals surface area contributed by atoms with Gasteiger partial charge in [0.25, 0.3) is 15.9 Å². The maximum Gasteiger partial charge on any atom is 0.264 e. The average Bonchev–Trinajstić information content (AvgIpc) is 2.78. The number of sulfonamides is 1. The van der Waals surface area contributed by atoms with Gasteiger partial charge in [-0.05, 0) is 72.8 Å². The van der Waals surface area contributed by atoms with E-state index in [4.69, 9.17) is 21.1 Å². The van der Waals surface area contributed by atoms with Crippen molar-refractivity contribution in [3.05, 3.63) is 77.8 Å². The number of carbonyl (C=O) groups is 1. The van der Waals surface area contributed by atoms with E-state index in [1.54, 1.807) is 62.7 Å². The Morgan fingerprint density at radius 2 is 1.52 bits per heavy atom. The molecule has 0 bridgehead atoms. The summed E-state index contributed by atoms with van der Waals surface area (Å²) >= 11 is 5.81. The van der Waals surface area contributed by atoms with Gasteiger partial charge in [0.2, 0.25) is 0 Å². The standard InChI is InChI=1S/C22H21ClN2O5S/c1-25(18-7-9-19(29-2)10-8-18)22(26)15-30-20-11-13-21(14-12-20)31(27,28)24-17-5-3-16(23)4-6-17/h3-14,24H,15H2,1-2H3. The van der Waals surface area contributed by atoms with Crippen LogP contribution in [0.2, 0.25) is 5.02 Å². The fourth-order valence-corrected chi connectivity index (χ4v) is 3.82. The Hall–Kier alpha value is -3.23. The molecule has 31 heavy (non-hydrogen) atoms. The number of anilines is 2. The van der Waals surface area contributed by atoms with Crippen LogP contribution in [0.1, 0.15) is 0 Å². The lowest BCUT2D eigenvalue weighted by atomic mass is 10.3. The van der Waals surface area contributed by atoms with Gasteiger partial charge in [-0.3, -0.25) is 9.52 Å². The second-order valence-corrected chi connectivity index (χ2v) is 8.64. The number of amides is 1. The highest BCUT2D eigenvalue weighted by Gasteiger charge is 2.15. The molecule has 0 atom stereocenters. The molecule has 0 aromatic heterocycles. The van der Waals surface area contributed by atoms with Crippen LogP contribution in [0, 0.1) is 0 Å². The van der Waals surface area contributed by atoms with Crippen LogP contribution in [-0.2, 0) is 14.8 Å². The third kappa shape index (κ3) is 5.90. The monoisotopic (exact) mass is 460 g/mol. The number of hydrogen-bond acceptors (Lipinski definition) is 5. The van der Waals surface area contributed by atoms with E-state index in [-0.39, 0.29) is 17.4 Å². The first-order valence-corrected chi connectivity index (χ1v) is 11.1. The molecule has 0 spiro atoms. The van der Waals surface area contributed by atoms with Crippen LogP contribution in [0.15, 0.2) is 77.7 Å². The summed E-state index contributed by atoms with van der Waals surface area (Å²) in [6.07, 6.45) is 0. The van der Waals surface area contributed by atoms with Crippen molar-refractivity contribution in [3.63, 3.8) is 0 Å². The van der Waals surface area contributed by atoms with Gasteiger partial charge in [0.15, 0.2) is 6.61 Å². The van der Waals surface area contributed by atoms with Gasteiger partial charge in [-0.2, -0.15) is 0 Å². The summed E-state index contributed by atoms with van der Waals surface area (Å²) in [6, 6.07) is 19.2. The first-order chi connectivity index (χ1) is 14.8. The predicted octanol–water partition coefficient (Wildman–Crippen LogP) is 4.19. The number of nitrogens with zero attached hydrogens (tertiary/aromatic N) is 1. The maximum absolute atomic E-state index is 12.5. The second-order valence-electron chi connectivity index (χ2n) is 6.52. The lowest BCUT2D eigenvalue weighted by molar-refractivity contribution is -0.120. The Morgan fingerprint density at radius 3 is 2.10 bits per heavy atom. The zero-order chi connectivity index (χ0) is 22.4. The summed E-state index contributed by atoms with van der Waals surface area (Å²) in [4.78, 5) is 13.9. The normalized spacial score (nSPS) is 10.9. The molecule has 3 aromatic carbocycles. The molecular weight excluding hydrogens is 440 g/mol. The van der Waals surface area contributed by atoms with Gasteiger partial charge in [-0.1, -0.05) is 11.6 Å². The number of methoxy groups -OCH3 is 1. The fraction of sp³-hybridized carbons (Fsp3) is 0.136. The summed E-state index contributed by atoms with van der Waals surface area (Å²) in [5.74, 6) is 0.814. The van der Waals surface area contributed by atoms with Crippen molar-refractivity contribution >= 4 is 38.9 Å². The molecule has 3 rings (SSSR count). The third-order valence-corrected chi connectivity index (χ3v) is 6.08. The minimum atomic E-state index is -3.76. The Bertz CT molecular complexity index is 1130. The van der Waals surface area contributed by atoms with Gasteiger partial charge >= 0.3 is 0 Å². The molecule has 0 radical (unpaired) electrons. The molecule has 0 fully saturated rings. The van der Waals surface area contributed by atoms with Crippen molar-refractivity contribution < 1.29 is 22.7 Å². The molecule has 1 amide bonds. The van der Waals surface area contributed by atoms with Gasteiger partial charge in [0.1, 0.15) is 11.5 Å². The lowest BCUT2D eigenvalue weighted by Gasteiger charge is -2.18. The second kappa shape index (κ2) is 9.72. The number of ether oxygens (including phenoxy) is 2. The number of benzene rings is 3. The predicted molar refractivity (Wildman–Crippen MR) is 121 cm³/mol. The minimum absolute atomic E-state index is 0.0662. The highest BCUT2D eigenvalue weighted by Crippen LogP contribution is 2.21. The Kier molecular flexibility index (Phi) is 7.04. The largest absolute Gasteiger partial charge is 0.497 e. The molecule has 1 N–H and O–H groups in total. The van der Waals surface area contributed by atoms with Crippen LogP contribution in [0.5, 0.6) is 11.5 Å². The van der Waals surface area contributed by atoms with E-state index < -0.39 is 10.0 Å². The van der Waals surface area contributed by atoms with Crippen LogP contribution in [0.25, 0.3) is 0 Å². The van der Waals surface area contributed by atoms with Crippen LogP contribution in [0.4, 0.5) is 11.4 Å². The smallest absolute Gasteiger partial charge is 0.264 e. The molecule has 162 valence electrons. The number of likely N-dealkylation sites (N-methyl/N-ethyl adjacent to an activating group) is 1. The Balaban J connectivity index is 1.59. The summed E-state index contributed by atoms with van der Waals surface area (Å²) in [5, 5.41) is 0.511. The van der Waals surface area contributed by atoms with Crippen LogP contribution in [0.3, 0.4) is 0 Å². The molecule has 0 heterocycles. The molecule has 9 heteroatoms. The molecule has 0 saturated carbocycles. The first kappa shape index (κ1) is 22.5. The van der Waals surface area contributed by atoms with Gasteiger partial charge in [-0.15, -0.1) is 0 Å². The summed E-state index contributed by atoms with van der Waals surface area (Å²) < 4.78 is 38.1. The Morgan fingerprint density at radius 1 is 0.935 bits per heavy atom. The van der Waals surface area contributed by atoms with Crippen molar-refractivity contribution in [1.29, 1.82) is 0 Å². The molecule has 7 nitrogen and oxygen atoms in total. The Labute approximate surface area is 186 Å². The molecule has 3 aromatic rings. The zero-order valence-corrected chi connectivity index (χ0v) is 18.5. The lowest BCUT2D eigenvalue weighted by Crippen LogP contribution is -2.31. The quantitative estimate of drug-likeness (QED) is 0.544. The van der Waals surface area contributed by atoms with E-state index in [1.165, 1.54) is 29.2 Å². The van der Waals surface area contributed by atoms with E-state index in [0.717, 1.165) is 0 Å². The minimum Gasteiger partial charge on any atom is -0.497 e. The molecule has 0 unspecified atom stereocenters. The van der Waals surface area contributed by atoms with Gasteiger partial charge < -0.3 is 14.4 Å². The van der Waals surface area contributed by atoms with Crippen molar-refractivity contribution in [2.45, 2.75) is 4.90 Å². The highest BCUT2D eigenvalue weighted by molar-refractivity contribution is 7.92. The van der Waals surface area contributed by atoms with Crippen LogP contribution in [-0.4, -0.2) is 35.1 Å². The van der Waals surface area contributed by atoms with E-state index in [0.29, 0.717) is 27.9 Å². The average molecular weight is 461 g/mol. The van der Waals surface area contributed by atoms with Crippen LogP contribution < -0.4 is 19.1 Å². The molecule has 0 aliphatic rings. The summed E-state index contributed by atoms with van der Waals surface area (Å²) in [7, 11) is -0.548. The number of hydrogen-bond donors (Lipinski definition) is 1. The zero-order valence-electron chi connectivity index (χ0n) is 16.9. The molecule has 0 aliphatic heterocycles. The van der Waals surface area contributed by atoms with Crippen molar-refractivity contribution in [2.75, 3.05) is 30.4 Å². The van der Waals surface area contributed by atoms with Gasteiger partial charge in [-0.25, -0.2) is 8.42 Å². The van der Waals surface area contributed by atoms with Crippen molar-refractivity contribution in [2.24, 2.45) is 0 Å². The maximum atomic E-state index is 12.5. The SMILES string of the molecule is COc1ccc(N(C)C(=O)COc2ccc(S(=O)(=O)Nc3ccc(Cl)cc3)cc2)cc1. The van der Waals surface area contributed by atoms with Crippen molar-refractivity contribution in [1.82, 2.24) is 0 Å². The van der Waals surface area contributed by atoms with E-state index in [2.05, 4.69) is 4.72 Å². The number of carbonyl (C=O) groups excluding carboxylic acids is 1. The van der Waals surface area contributed by atoms with E-state index in [1.807, 2.05) is 0 Å². The molecule has 0 aliphatic carbocycles. The fourth-order valence-electron chi connectivity index (χ4n) is 2.64. The van der Waals surface area contributed by atoms with E-state index in [9.17, 15) is 13.2 Å². The summed E-state index contributed by atoms with van der Waals surface area (Å²) in [6.45, 7) is -0.197. The first-order valence-electron chi connectivity index (χ1n) is 9.20. The summed E-state index contributed by atoms with van der Waals surface area (Å²) in [5.41, 5.74) is 1.10. The van der Waals surface area contributed by atoms with Crippen molar-refractivity contribution in [3.8, 4) is 11.5 Å². The molecule has 0 saturated heterocycles. The van der Waals surface area contributed by atoms with Gasteiger partial charge in [0, 0.05) is 23.4 Å². The number of halogens is 1. The van der Waals surface area contributed by atoms with E-state index >= 15 is 0 Å². The van der Waals surface area contributed by atoms with Gasteiger partial charge in [0.05, 0.1) is 12.0 Å². The topological polar surface area (TPSA) is 84.9 Å². The molecular formula is C22H21ClN2O5S. The number of rotatable bonds is 8. The van der Waals surface area contributed by atoms with Crippen LogP contribution >= 0.6 is 11.6 Å². The number of nitrogens with one attached hydrogen (secondary N) is 1. The third-order valence-electron chi connectivity index (χ3n) is 4.43.